The fourth-order valence-electron chi connectivity index (χ4n) is 0.426. The Bertz CT molecular complexity index is 107. The molecule has 0 atom stereocenters. The van der Waals surface area contributed by atoms with E-state index in [0.717, 1.165) is 12.8 Å². The summed E-state index contributed by atoms with van der Waals surface area (Å²) in [6.07, 6.45) is 5.63. The Morgan fingerprint density at radius 2 is 2.33 bits per heavy atom. The molecule has 0 amide bonds. The highest BCUT2D eigenvalue weighted by atomic mass is 79.9. The molecule has 0 aromatic carbocycles. The van der Waals surface area contributed by atoms with E-state index in [2.05, 4.69) is 22.9 Å². The zero-order valence-corrected chi connectivity index (χ0v) is 7.15. The number of carbonyl (C=O) groups excluding carboxylic acids is 1. The summed E-state index contributed by atoms with van der Waals surface area (Å²) in [4.78, 5) is 10.6. The molecule has 0 aliphatic rings. The number of allylic oxidation sites excluding steroid dienone is 2. The first-order valence-electron chi connectivity index (χ1n) is 3.06. The Morgan fingerprint density at radius 3 is 2.78 bits per heavy atom. The van der Waals surface area contributed by atoms with E-state index in [1.807, 2.05) is 6.08 Å². The van der Waals surface area contributed by atoms with Gasteiger partial charge in [-0.3, -0.25) is 4.79 Å². The predicted octanol–water partition coefficient (Wildman–Crippen LogP) is 2.31. The summed E-state index contributed by atoms with van der Waals surface area (Å²) < 4.78 is 0. The van der Waals surface area contributed by atoms with Crippen LogP contribution >= 0.6 is 15.9 Å². The first-order chi connectivity index (χ1) is 4.31. The molecule has 0 aromatic heterocycles. The van der Waals surface area contributed by atoms with Crippen LogP contribution in [-0.2, 0) is 4.79 Å². The number of rotatable bonds is 4. The molecule has 9 heavy (non-hydrogen) atoms. The number of halogens is 1. The number of ketones is 1. The van der Waals surface area contributed by atoms with Crippen molar-refractivity contribution in [3.63, 3.8) is 0 Å². The SMILES string of the molecule is CCCC=CC(=O)CBr. The summed E-state index contributed by atoms with van der Waals surface area (Å²) in [5.74, 6) is 0.142. The maximum absolute atomic E-state index is 10.6. The molecular formula is C7H11BrO. The van der Waals surface area contributed by atoms with Crippen molar-refractivity contribution >= 4 is 21.7 Å². The lowest BCUT2D eigenvalue weighted by molar-refractivity contribution is -0.112. The van der Waals surface area contributed by atoms with Crippen LogP contribution in [0.5, 0.6) is 0 Å². The van der Waals surface area contributed by atoms with E-state index in [-0.39, 0.29) is 5.78 Å². The van der Waals surface area contributed by atoms with Crippen molar-refractivity contribution in [3.8, 4) is 0 Å². The third-order valence-electron chi connectivity index (χ3n) is 0.891. The van der Waals surface area contributed by atoms with Crippen LogP contribution in [0.1, 0.15) is 19.8 Å². The summed E-state index contributed by atoms with van der Waals surface area (Å²) in [6, 6.07) is 0. The molecule has 0 N–H and O–H groups in total. The molecule has 0 unspecified atom stereocenters. The highest BCUT2D eigenvalue weighted by Gasteiger charge is 1.87. The zero-order chi connectivity index (χ0) is 7.11. The van der Waals surface area contributed by atoms with Crippen molar-refractivity contribution in [2.24, 2.45) is 0 Å². The van der Waals surface area contributed by atoms with Gasteiger partial charge in [-0.1, -0.05) is 35.4 Å². The first kappa shape index (κ1) is 8.89. The van der Waals surface area contributed by atoms with Gasteiger partial charge in [0.15, 0.2) is 5.78 Å². The monoisotopic (exact) mass is 190 g/mol. The number of unbranched alkanes of at least 4 members (excludes halogenated alkanes) is 1. The third kappa shape index (κ3) is 5.77. The maximum atomic E-state index is 10.6. The Labute approximate surface area is 64.3 Å². The van der Waals surface area contributed by atoms with E-state index in [4.69, 9.17) is 0 Å². The Morgan fingerprint density at radius 1 is 1.67 bits per heavy atom. The van der Waals surface area contributed by atoms with Crippen LogP contribution in [0.15, 0.2) is 12.2 Å². The molecular weight excluding hydrogens is 180 g/mol. The van der Waals surface area contributed by atoms with E-state index in [1.165, 1.54) is 0 Å². The summed E-state index contributed by atoms with van der Waals surface area (Å²) in [5, 5.41) is 0.438. The second-order valence-corrected chi connectivity index (χ2v) is 2.35. The van der Waals surface area contributed by atoms with Gasteiger partial charge in [-0.15, -0.1) is 0 Å². The minimum Gasteiger partial charge on any atom is -0.294 e. The molecule has 0 saturated carbocycles. The summed E-state index contributed by atoms with van der Waals surface area (Å²) in [6.45, 7) is 2.09. The topological polar surface area (TPSA) is 17.1 Å². The smallest absolute Gasteiger partial charge is 0.165 e. The molecule has 0 saturated heterocycles. The molecule has 0 spiro atoms. The summed E-state index contributed by atoms with van der Waals surface area (Å²) >= 11 is 3.07. The zero-order valence-electron chi connectivity index (χ0n) is 5.56. The Hall–Kier alpha value is -0.110. The van der Waals surface area contributed by atoms with Crippen LogP contribution in [0, 0.1) is 0 Å². The molecule has 0 aliphatic heterocycles. The van der Waals surface area contributed by atoms with Gasteiger partial charge < -0.3 is 0 Å². The van der Waals surface area contributed by atoms with Gasteiger partial charge in [0.2, 0.25) is 0 Å². The molecule has 2 heteroatoms. The Kier molecular flexibility index (Phi) is 5.94. The van der Waals surface area contributed by atoms with Crippen LogP contribution in [0.3, 0.4) is 0 Å². The maximum Gasteiger partial charge on any atom is 0.165 e. The van der Waals surface area contributed by atoms with Gasteiger partial charge in [-0.25, -0.2) is 0 Å². The molecule has 0 fully saturated rings. The van der Waals surface area contributed by atoms with E-state index in [1.54, 1.807) is 6.08 Å². The van der Waals surface area contributed by atoms with Gasteiger partial charge in [0.1, 0.15) is 0 Å². The highest BCUT2D eigenvalue weighted by Crippen LogP contribution is 1.90. The predicted molar refractivity (Wildman–Crippen MR) is 42.8 cm³/mol. The molecule has 0 bridgehead atoms. The fourth-order valence-corrected chi connectivity index (χ4v) is 0.613. The summed E-state index contributed by atoms with van der Waals surface area (Å²) in [7, 11) is 0. The van der Waals surface area contributed by atoms with Crippen LogP contribution in [0.2, 0.25) is 0 Å². The van der Waals surface area contributed by atoms with Gasteiger partial charge in [0.05, 0.1) is 5.33 Å². The van der Waals surface area contributed by atoms with Crippen molar-refractivity contribution in [2.75, 3.05) is 5.33 Å². The van der Waals surface area contributed by atoms with Crippen LogP contribution < -0.4 is 0 Å². The van der Waals surface area contributed by atoms with Gasteiger partial charge in [0.25, 0.3) is 0 Å². The number of hydrogen-bond donors (Lipinski definition) is 0. The van der Waals surface area contributed by atoms with Crippen molar-refractivity contribution < 1.29 is 4.79 Å². The highest BCUT2D eigenvalue weighted by molar-refractivity contribution is 9.09. The van der Waals surface area contributed by atoms with E-state index in [9.17, 15) is 4.79 Å². The average molecular weight is 191 g/mol. The lowest BCUT2D eigenvalue weighted by Crippen LogP contribution is -1.90. The van der Waals surface area contributed by atoms with Crippen molar-refractivity contribution in [2.45, 2.75) is 19.8 Å². The van der Waals surface area contributed by atoms with Gasteiger partial charge in [-0.2, -0.15) is 0 Å². The molecule has 1 nitrogen and oxygen atoms in total. The molecule has 0 rings (SSSR count). The second kappa shape index (κ2) is 6.02. The molecule has 0 aliphatic carbocycles. The van der Waals surface area contributed by atoms with Gasteiger partial charge in [0, 0.05) is 0 Å². The lowest BCUT2D eigenvalue weighted by Gasteiger charge is -1.83. The van der Waals surface area contributed by atoms with Crippen molar-refractivity contribution in [3.05, 3.63) is 12.2 Å². The second-order valence-electron chi connectivity index (χ2n) is 1.79. The van der Waals surface area contributed by atoms with E-state index >= 15 is 0 Å². The van der Waals surface area contributed by atoms with E-state index in [0.29, 0.717) is 5.33 Å². The molecule has 0 aromatic rings. The number of carbonyl (C=O) groups is 1. The largest absolute Gasteiger partial charge is 0.294 e. The lowest BCUT2D eigenvalue weighted by atomic mass is 10.3. The Balaban J connectivity index is 3.32. The van der Waals surface area contributed by atoms with Crippen molar-refractivity contribution in [1.82, 2.24) is 0 Å². The van der Waals surface area contributed by atoms with E-state index < -0.39 is 0 Å². The fraction of sp³-hybridized carbons (Fsp3) is 0.571. The standard InChI is InChI=1S/C7H11BrO/c1-2-3-4-5-7(9)6-8/h4-5H,2-3,6H2,1H3. The van der Waals surface area contributed by atoms with Crippen LogP contribution in [0.4, 0.5) is 0 Å². The minimum atomic E-state index is 0.142. The minimum absolute atomic E-state index is 0.142. The van der Waals surface area contributed by atoms with Gasteiger partial charge >= 0.3 is 0 Å². The third-order valence-corrected chi connectivity index (χ3v) is 1.44. The van der Waals surface area contributed by atoms with Crippen molar-refractivity contribution in [1.29, 1.82) is 0 Å². The molecule has 52 valence electrons. The normalized spacial score (nSPS) is 10.4. The quantitative estimate of drug-likeness (QED) is 0.492. The van der Waals surface area contributed by atoms with Gasteiger partial charge in [-0.05, 0) is 12.5 Å². The summed E-state index contributed by atoms with van der Waals surface area (Å²) in [5.41, 5.74) is 0. The molecule has 0 radical (unpaired) electrons. The first-order valence-corrected chi connectivity index (χ1v) is 4.18. The van der Waals surface area contributed by atoms with Crippen LogP contribution in [0.25, 0.3) is 0 Å². The molecule has 0 heterocycles. The average Bonchev–Trinajstić information content (AvgIpc) is 1.89. The number of alkyl halides is 1. The number of hydrogen-bond acceptors (Lipinski definition) is 1. The van der Waals surface area contributed by atoms with Crippen LogP contribution in [-0.4, -0.2) is 11.1 Å².